The van der Waals surface area contributed by atoms with Crippen molar-refractivity contribution in [2.75, 3.05) is 6.54 Å². The van der Waals surface area contributed by atoms with E-state index in [0.717, 1.165) is 18.4 Å². The van der Waals surface area contributed by atoms with Crippen molar-refractivity contribution in [2.45, 2.75) is 32.2 Å². The maximum atomic E-state index is 12.4. The van der Waals surface area contributed by atoms with E-state index in [2.05, 4.69) is 0 Å². The molecule has 5 heteroatoms. The summed E-state index contributed by atoms with van der Waals surface area (Å²) >= 11 is 5.83. The predicted octanol–water partition coefficient (Wildman–Crippen LogP) is 1.99. The van der Waals surface area contributed by atoms with Crippen LogP contribution in [0.2, 0.25) is 5.02 Å². The van der Waals surface area contributed by atoms with Crippen LogP contribution in [0.5, 0.6) is 0 Å². The molecule has 1 aliphatic heterocycles. The molecule has 20 heavy (non-hydrogen) atoms. The molecule has 0 saturated carbocycles. The number of primary amides is 1. The van der Waals surface area contributed by atoms with E-state index in [1.807, 2.05) is 19.1 Å². The number of likely N-dealkylation sites (tertiary alicyclic amines) is 1. The quantitative estimate of drug-likeness (QED) is 0.926. The number of amides is 2. The lowest BCUT2D eigenvalue weighted by Gasteiger charge is -2.37. The molecule has 1 fully saturated rings. The third-order valence-electron chi connectivity index (χ3n) is 3.87. The number of hydrogen-bond donors (Lipinski definition) is 1. The normalized spacial score (nSPS) is 22.6. The topological polar surface area (TPSA) is 63.4 Å². The van der Waals surface area contributed by atoms with Crippen LogP contribution in [0.25, 0.3) is 0 Å². The lowest BCUT2D eigenvalue weighted by molar-refractivity contribution is -0.136. The molecular weight excluding hydrogens is 276 g/mol. The van der Waals surface area contributed by atoms with Gasteiger partial charge in [0, 0.05) is 17.6 Å². The number of halogens is 1. The predicted molar refractivity (Wildman–Crippen MR) is 78.2 cm³/mol. The van der Waals surface area contributed by atoms with Crippen molar-refractivity contribution in [2.24, 2.45) is 11.7 Å². The maximum absolute atomic E-state index is 12.4. The summed E-state index contributed by atoms with van der Waals surface area (Å²) in [4.78, 5) is 25.4. The summed E-state index contributed by atoms with van der Waals surface area (Å²) in [5.41, 5.74) is 6.28. The van der Waals surface area contributed by atoms with E-state index >= 15 is 0 Å². The summed E-state index contributed by atoms with van der Waals surface area (Å²) in [6, 6.07) is 7.40. The van der Waals surface area contributed by atoms with Gasteiger partial charge < -0.3 is 10.6 Å². The molecule has 2 atom stereocenters. The van der Waals surface area contributed by atoms with Gasteiger partial charge in [-0.15, -0.1) is 0 Å². The molecule has 0 aliphatic carbocycles. The van der Waals surface area contributed by atoms with E-state index in [1.54, 1.807) is 17.0 Å². The minimum Gasteiger partial charge on any atom is -0.369 e. The lowest BCUT2D eigenvalue weighted by Crippen LogP contribution is -2.49. The highest BCUT2D eigenvalue weighted by Crippen LogP contribution is 2.22. The first-order chi connectivity index (χ1) is 9.47. The Hall–Kier alpha value is -1.55. The first-order valence-electron chi connectivity index (χ1n) is 6.80. The molecule has 4 nitrogen and oxygen atoms in total. The van der Waals surface area contributed by atoms with Gasteiger partial charge in [0.1, 0.15) is 0 Å². The zero-order valence-corrected chi connectivity index (χ0v) is 12.3. The summed E-state index contributed by atoms with van der Waals surface area (Å²) < 4.78 is 0. The number of nitrogens with two attached hydrogens (primary N) is 1. The number of carbonyl (C=O) groups excluding carboxylic acids is 2. The van der Waals surface area contributed by atoms with Gasteiger partial charge in [0.25, 0.3) is 0 Å². The molecule has 0 bridgehead atoms. The number of hydrogen-bond acceptors (Lipinski definition) is 2. The van der Waals surface area contributed by atoms with E-state index in [1.165, 1.54) is 0 Å². The number of benzene rings is 1. The van der Waals surface area contributed by atoms with Gasteiger partial charge >= 0.3 is 0 Å². The van der Waals surface area contributed by atoms with Crippen LogP contribution < -0.4 is 5.73 Å². The Morgan fingerprint density at radius 1 is 1.30 bits per heavy atom. The van der Waals surface area contributed by atoms with Gasteiger partial charge in [-0.25, -0.2) is 0 Å². The second-order valence-corrected chi connectivity index (χ2v) is 5.81. The molecule has 0 radical (unpaired) electrons. The summed E-state index contributed by atoms with van der Waals surface area (Å²) in [6.07, 6.45) is 1.91. The molecule has 0 aromatic heterocycles. The van der Waals surface area contributed by atoms with Gasteiger partial charge in [-0.2, -0.15) is 0 Å². The molecule has 1 aromatic rings. The lowest BCUT2D eigenvalue weighted by atomic mass is 9.92. The van der Waals surface area contributed by atoms with Gasteiger partial charge in [-0.3, -0.25) is 9.59 Å². The van der Waals surface area contributed by atoms with E-state index in [0.29, 0.717) is 18.0 Å². The van der Waals surface area contributed by atoms with Crippen molar-refractivity contribution in [3.05, 3.63) is 34.9 Å². The number of piperidine rings is 1. The Morgan fingerprint density at radius 2 is 1.95 bits per heavy atom. The van der Waals surface area contributed by atoms with Crippen LogP contribution in [0.1, 0.15) is 25.3 Å². The number of carbonyl (C=O) groups is 2. The van der Waals surface area contributed by atoms with Crippen LogP contribution in [-0.2, 0) is 16.0 Å². The average molecular weight is 295 g/mol. The highest BCUT2D eigenvalue weighted by molar-refractivity contribution is 6.30. The summed E-state index contributed by atoms with van der Waals surface area (Å²) in [5, 5.41) is 0.654. The number of nitrogens with zero attached hydrogens (tertiary/aromatic N) is 1. The highest BCUT2D eigenvalue weighted by Gasteiger charge is 2.31. The van der Waals surface area contributed by atoms with E-state index in [9.17, 15) is 9.59 Å². The van der Waals surface area contributed by atoms with Gasteiger partial charge in [0.05, 0.1) is 12.3 Å². The zero-order valence-electron chi connectivity index (χ0n) is 11.5. The standard InChI is InChI=1S/C15H19ClN2O2/c1-10-2-5-12(15(17)20)9-18(10)14(19)8-11-3-6-13(16)7-4-11/h3-4,6-7,10,12H,2,5,8-9H2,1H3,(H2,17,20)/t10-,12+/m1/s1. The fraction of sp³-hybridized carbons (Fsp3) is 0.467. The second kappa shape index (κ2) is 6.27. The molecule has 1 aromatic carbocycles. The van der Waals surface area contributed by atoms with Crippen molar-refractivity contribution in [3.63, 3.8) is 0 Å². The molecule has 2 amide bonds. The van der Waals surface area contributed by atoms with Crippen molar-refractivity contribution in [1.82, 2.24) is 4.90 Å². The maximum Gasteiger partial charge on any atom is 0.227 e. The van der Waals surface area contributed by atoms with Crippen molar-refractivity contribution in [1.29, 1.82) is 0 Å². The molecule has 1 heterocycles. The SMILES string of the molecule is C[C@@H]1CC[C@H](C(N)=O)CN1C(=O)Cc1ccc(Cl)cc1. The highest BCUT2D eigenvalue weighted by atomic mass is 35.5. The number of rotatable bonds is 3. The summed E-state index contributed by atoms with van der Waals surface area (Å²) in [6.45, 7) is 2.44. The molecule has 108 valence electrons. The molecule has 0 unspecified atom stereocenters. The zero-order chi connectivity index (χ0) is 14.7. The van der Waals surface area contributed by atoms with Crippen LogP contribution in [0.15, 0.2) is 24.3 Å². The molecular formula is C15H19ClN2O2. The first kappa shape index (κ1) is 14.9. The second-order valence-electron chi connectivity index (χ2n) is 5.38. The third-order valence-corrected chi connectivity index (χ3v) is 4.13. The van der Waals surface area contributed by atoms with Gasteiger partial charge in [0.15, 0.2) is 0 Å². The molecule has 1 saturated heterocycles. The van der Waals surface area contributed by atoms with Crippen LogP contribution >= 0.6 is 11.6 Å². The minimum absolute atomic E-state index is 0.0331. The Balaban J connectivity index is 2.03. The van der Waals surface area contributed by atoms with Crippen molar-refractivity contribution in [3.8, 4) is 0 Å². The molecule has 1 aliphatic rings. The van der Waals surface area contributed by atoms with E-state index < -0.39 is 0 Å². The Morgan fingerprint density at radius 3 is 2.55 bits per heavy atom. The Labute approximate surface area is 123 Å². The fourth-order valence-corrected chi connectivity index (χ4v) is 2.69. The minimum atomic E-state index is -0.318. The van der Waals surface area contributed by atoms with Gasteiger partial charge in [-0.05, 0) is 37.5 Å². The van der Waals surface area contributed by atoms with Crippen molar-refractivity contribution < 1.29 is 9.59 Å². The van der Waals surface area contributed by atoms with E-state index in [4.69, 9.17) is 17.3 Å². The van der Waals surface area contributed by atoms with Crippen molar-refractivity contribution >= 4 is 23.4 Å². The summed E-state index contributed by atoms with van der Waals surface area (Å²) in [7, 11) is 0. The largest absolute Gasteiger partial charge is 0.369 e. The monoisotopic (exact) mass is 294 g/mol. The first-order valence-corrected chi connectivity index (χ1v) is 7.18. The van der Waals surface area contributed by atoms with Gasteiger partial charge in [0.2, 0.25) is 11.8 Å². The fourth-order valence-electron chi connectivity index (χ4n) is 2.57. The third kappa shape index (κ3) is 3.51. The van der Waals surface area contributed by atoms with Crippen LogP contribution in [0.4, 0.5) is 0 Å². The molecule has 0 spiro atoms. The average Bonchev–Trinajstić information content (AvgIpc) is 2.41. The van der Waals surface area contributed by atoms with Crippen LogP contribution in [0.3, 0.4) is 0 Å². The van der Waals surface area contributed by atoms with Gasteiger partial charge in [-0.1, -0.05) is 23.7 Å². The summed E-state index contributed by atoms with van der Waals surface area (Å²) in [5.74, 6) is -0.507. The van der Waals surface area contributed by atoms with Crippen LogP contribution in [-0.4, -0.2) is 29.3 Å². The smallest absolute Gasteiger partial charge is 0.227 e. The van der Waals surface area contributed by atoms with E-state index in [-0.39, 0.29) is 23.8 Å². The Kier molecular flexibility index (Phi) is 4.65. The Bertz CT molecular complexity index is 501. The van der Waals surface area contributed by atoms with Crippen LogP contribution in [0, 0.1) is 5.92 Å². The molecule has 2 N–H and O–H groups in total. The molecule has 2 rings (SSSR count).